The van der Waals surface area contributed by atoms with Crippen LogP contribution in [0.3, 0.4) is 0 Å². The third kappa shape index (κ3) is 4.50. The van der Waals surface area contributed by atoms with Gasteiger partial charge in [-0.25, -0.2) is 4.79 Å². The van der Waals surface area contributed by atoms with E-state index in [4.69, 9.17) is 5.14 Å². The van der Waals surface area contributed by atoms with Crippen LogP contribution < -0.4 is 15.4 Å². The molecule has 1 spiro atoms. The normalized spacial score (nSPS) is 16.5. The number of nitrogens with two attached hydrogens (primary N) is 1. The number of benzene rings is 2. The Bertz CT molecular complexity index is 1240. The van der Waals surface area contributed by atoms with E-state index >= 15 is 0 Å². The molecule has 3 aromatic rings. The van der Waals surface area contributed by atoms with Crippen molar-refractivity contribution < 1.29 is 18.0 Å². The van der Waals surface area contributed by atoms with Crippen LogP contribution in [0.25, 0.3) is 11.1 Å². The third-order valence-corrected chi connectivity index (χ3v) is 7.61. The Morgan fingerprint density at radius 2 is 1.86 bits per heavy atom. The minimum atomic E-state index is -4.48. The van der Waals surface area contributed by atoms with Crippen LogP contribution in [0.2, 0.25) is 0 Å². The number of urea groups is 1. The molecule has 1 aliphatic carbocycles. The first-order chi connectivity index (χ1) is 16.8. The van der Waals surface area contributed by atoms with Gasteiger partial charge in [-0.1, -0.05) is 31.0 Å². The van der Waals surface area contributed by atoms with Gasteiger partial charge in [0.1, 0.15) is 0 Å². The fourth-order valence-corrected chi connectivity index (χ4v) is 5.62. The van der Waals surface area contributed by atoms with Crippen molar-refractivity contribution >= 4 is 23.7 Å². The second-order valence-corrected chi connectivity index (χ2v) is 9.85. The van der Waals surface area contributed by atoms with E-state index in [1.807, 2.05) is 30.3 Å². The quantitative estimate of drug-likeness (QED) is 0.416. The summed E-state index contributed by atoms with van der Waals surface area (Å²) in [7, 11) is 0. The predicted octanol–water partition coefficient (Wildman–Crippen LogP) is 6.27. The number of halogens is 3. The van der Waals surface area contributed by atoms with Crippen molar-refractivity contribution in [3.05, 3.63) is 77.6 Å². The van der Waals surface area contributed by atoms with Crippen molar-refractivity contribution in [2.24, 2.45) is 5.14 Å². The van der Waals surface area contributed by atoms with Gasteiger partial charge in [0.2, 0.25) is 0 Å². The Morgan fingerprint density at radius 1 is 1.11 bits per heavy atom. The van der Waals surface area contributed by atoms with Gasteiger partial charge in [0.25, 0.3) is 0 Å². The van der Waals surface area contributed by atoms with Gasteiger partial charge in [-0.2, -0.15) is 13.2 Å². The van der Waals surface area contributed by atoms with Crippen molar-refractivity contribution in [3.8, 4) is 11.1 Å². The van der Waals surface area contributed by atoms with Gasteiger partial charge in [0.05, 0.1) is 5.56 Å². The van der Waals surface area contributed by atoms with E-state index in [0.717, 1.165) is 71.6 Å². The highest BCUT2D eigenvalue weighted by molar-refractivity contribution is 7.97. The van der Waals surface area contributed by atoms with E-state index in [0.29, 0.717) is 18.7 Å². The third-order valence-electron chi connectivity index (χ3n) is 7.07. The molecule has 1 saturated carbocycles. The fraction of sp³-hybridized carbons (Fsp3) is 0.308. The molecule has 35 heavy (non-hydrogen) atoms. The number of aromatic nitrogens is 1. The Morgan fingerprint density at radius 3 is 2.54 bits per heavy atom. The van der Waals surface area contributed by atoms with Crippen LogP contribution in [0.4, 0.5) is 23.7 Å². The molecule has 2 aliphatic rings. The fourth-order valence-electron chi connectivity index (χ4n) is 5.33. The zero-order valence-electron chi connectivity index (χ0n) is 18.9. The monoisotopic (exact) mass is 498 g/mol. The Hall–Kier alpha value is -3.04. The molecule has 0 atom stereocenters. The highest BCUT2D eigenvalue weighted by atomic mass is 32.2. The molecule has 3 N–H and O–H groups in total. The molecule has 0 saturated heterocycles. The molecule has 5 nitrogen and oxygen atoms in total. The molecule has 2 heterocycles. The summed E-state index contributed by atoms with van der Waals surface area (Å²) >= 11 is 1.16. The Balaban J connectivity index is 1.45. The molecule has 2 amide bonds. The molecule has 9 heteroatoms. The van der Waals surface area contributed by atoms with Gasteiger partial charge < -0.3 is 5.32 Å². The molecular formula is C26H25F3N4OS. The number of hydrogen-bond donors (Lipinski definition) is 2. The van der Waals surface area contributed by atoms with E-state index in [1.165, 1.54) is 6.20 Å². The predicted molar refractivity (Wildman–Crippen MR) is 131 cm³/mol. The summed E-state index contributed by atoms with van der Waals surface area (Å²) in [5.41, 5.74) is 2.25. The smallest absolute Gasteiger partial charge is 0.334 e. The zero-order chi connectivity index (χ0) is 24.6. The van der Waals surface area contributed by atoms with E-state index in [9.17, 15) is 18.0 Å². The largest absolute Gasteiger partial charge is 0.417 e. The zero-order valence-corrected chi connectivity index (χ0v) is 19.8. The molecule has 2 aromatic carbocycles. The standard InChI is InChI=1S/C26H25F3N4OS/c27-26(28,29)21-9-12-31-15-20(21)18-5-8-23-22(13-18)25(10-1-2-11-25)16-33(23)24(34)32-14-17-3-6-19(35-30)7-4-17/h3-9,12-13,15H,1-2,10-11,14,16,30H2,(H,32,34). The lowest BCUT2D eigenvalue weighted by molar-refractivity contribution is -0.137. The minimum Gasteiger partial charge on any atom is -0.334 e. The number of anilines is 1. The number of rotatable bonds is 4. The number of carbonyl (C=O) groups excluding carboxylic acids is 1. The summed E-state index contributed by atoms with van der Waals surface area (Å²) in [6.45, 7) is 0.898. The summed E-state index contributed by atoms with van der Waals surface area (Å²) in [5.74, 6) is 0. The number of alkyl halides is 3. The maximum atomic E-state index is 13.6. The van der Waals surface area contributed by atoms with Crippen LogP contribution in [-0.2, 0) is 18.1 Å². The molecular weight excluding hydrogens is 473 g/mol. The number of nitrogens with zero attached hydrogens (tertiary/aromatic N) is 2. The number of nitrogens with one attached hydrogen (secondary N) is 1. The molecule has 0 unspecified atom stereocenters. The van der Waals surface area contributed by atoms with Crippen molar-refractivity contribution in [2.45, 2.75) is 48.7 Å². The first kappa shape index (κ1) is 23.7. The topological polar surface area (TPSA) is 71.2 Å². The van der Waals surface area contributed by atoms with Crippen LogP contribution in [0.5, 0.6) is 0 Å². The van der Waals surface area contributed by atoms with Crippen LogP contribution in [0.1, 0.15) is 42.4 Å². The Kier molecular flexibility index (Phi) is 6.23. The highest BCUT2D eigenvalue weighted by Gasteiger charge is 2.46. The van der Waals surface area contributed by atoms with Gasteiger partial charge in [-0.05, 0) is 71.8 Å². The van der Waals surface area contributed by atoms with Gasteiger partial charge in [-0.3, -0.25) is 15.0 Å². The number of fused-ring (bicyclic) bond motifs is 2. The molecule has 0 bridgehead atoms. The maximum absolute atomic E-state index is 13.6. The maximum Gasteiger partial charge on any atom is 0.417 e. The molecule has 0 radical (unpaired) electrons. The second kappa shape index (κ2) is 9.20. The lowest BCUT2D eigenvalue weighted by Gasteiger charge is -2.25. The van der Waals surface area contributed by atoms with Gasteiger partial charge >= 0.3 is 12.2 Å². The number of carbonyl (C=O) groups is 1. The number of amides is 2. The molecule has 1 aromatic heterocycles. The van der Waals surface area contributed by atoms with Gasteiger partial charge in [0.15, 0.2) is 0 Å². The summed E-state index contributed by atoms with van der Waals surface area (Å²) in [6, 6.07) is 13.7. The molecule has 1 fully saturated rings. The first-order valence-electron chi connectivity index (χ1n) is 11.5. The minimum absolute atomic E-state index is 0.0536. The van der Waals surface area contributed by atoms with Crippen molar-refractivity contribution in [1.29, 1.82) is 0 Å². The summed E-state index contributed by atoms with van der Waals surface area (Å²) < 4.78 is 40.9. The summed E-state index contributed by atoms with van der Waals surface area (Å²) in [6.07, 6.45) is 1.83. The Labute approximate surface area is 206 Å². The first-order valence-corrected chi connectivity index (χ1v) is 12.4. The average molecular weight is 499 g/mol. The number of hydrogen-bond acceptors (Lipinski definition) is 4. The van der Waals surface area contributed by atoms with Crippen molar-refractivity contribution in [2.75, 3.05) is 11.4 Å². The van der Waals surface area contributed by atoms with E-state index in [-0.39, 0.29) is 17.0 Å². The van der Waals surface area contributed by atoms with Crippen LogP contribution in [0, 0.1) is 0 Å². The molecule has 1 aliphatic heterocycles. The van der Waals surface area contributed by atoms with Crippen LogP contribution in [-0.4, -0.2) is 17.6 Å². The van der Waals surface area contributed by atoms with Crippen LogP contribution >= 0.6 is 11.9 Å². The summed E-state index contributed by atoms with van der Waals surface area (Å²) in [5, 5.41) is 8.56. The summed E-state index contributed by atoms with van der Waals surface area (Å²) in [4.78, 5) is 19.8. The molecule has 5 rings (SSSR count). The lowest BCUT2D eigenvalue weighted by atomic mass is 9.80. The van der Waals surface area contributed by atoms with Crippen LogP contribution in [0.15, 0.2) is 65.8 Å². The lowest BCUT2D eigenvalue weighted by Crippen LogP contribution is -2.41. The number of pyridine rings is 1. The van der Waals surface area contributed by atoms with E-state index in [1.54, 1.807) is 17.0 Å². The van der Waals surface area contributed by atoms with Crippen molar-refractivity contribution in [3.63, 3.8) is 0 Å². The molecule has 182 valence electrons. The SMILES string of the molecule is NSc1ccc(CNC(=O)N2CC3(CCCC3)c3cc(-c4cnccc4C(F)(F)F)ccc32)cc1. The van der Waals surface area contributed by atoms with Gasteiger partial charge in [0, 0.05) is 47.0 Å². The van der Waals surface area contributed by atoms with Gasteiger partial charge in [-0.15, -0.1) is 0 Å². The van der Waals surface area contributed by atoms with E-state index in [2.05, 4.69) is 10.3 Å². The second-order valence-electron chi connectivity index (χ2n) is 9.15. The van der Waals surface area contributed by atoms with E-state index < -0.39 is 11.7 Å². The highest BCUT2D eigenvalue weighted by Crippen LogP contribution is 2.51. The average Bonchev–Trinajstić information content (AvgIpc) is 3.47. The van der Waals surface area contributed by atoms with Crippen molar-refractivity contribution in [1.82, 2.24) is 10.3 Å².